The molecule has 0 atom stereocenters. The van der Waals surface area contributed by atoms with Gasteiger partial charge in [-0.2, -0.15) is 5.10 Å². The molecule has 0 amide bonds. The molecule has 1 rings (SSSR count). The van der Waals surface area contributed by atoms with Gasteiger partial charge in [0.15, 0.2) is 16.6 Å². The van der Waals surface area contributed by atoms with Crippen LogP contribution in [0.4, 0.5) is 0 Å². The Morgan fingerprint density at radius 1 is 1.71 bits per heavy atom. The summed E-state index contributed by atoms with van der Waals surface area (Å²) < 4.78 is 5.94. The first-order chi connectivity index (χ1) is 8.04. The van der Waals surface area contributed by atoms with Gasteiger partial charge in [0, 0.05) is 10.0 Å². The number of thiocarbonyl (C=S) groups is 1. The van der Waals surface area contributed by atoms with Gasteiger partial charge in [0.05, 0.1) is 12.8 Å². The van der Waals surface area contributed by atoms with Crippen molar-refractivity contribution in [3.8, 4) is 11.5 Å². The number of nitrogens with one attached hydrogen (secondary N) is 1. The summed E-state index contributed by atoms with van der Waals surface area (Å²) in [5.41, 5.74) is 8.40. The van der Waals surface area contributed by atoms with Crippen molar-refractivity contribution in [2.24, 2.45) is 10.8 Å². The maximum atomic E-state index is 9.60. The number of ether oxygens (including phenoxy) is 1. The van der Waals surface area contributed by atoms with Crippen LogP contribution in [0, 0.1) is 0 Å². The molecule has 0 radical (unpaired) electrons. The minimum Gasteiger partial charge on any atom is -0.504 e. The van der Waals surface area contributed by atoms with E-state index in [-0.39, 0.29) is 10.9 Å². The first-order valence-electron chi connectivity index (χ1n) is 4.78. The molecule has 0 heterocycles. The van der Waals surface area contributed by atoms with Crippen LogP contribution in [0.2, 0.25) is 0 Å². The Morgan fingerprint density at radius 2 is 2.41 bits per heavy atom. The van der Waals surface area contributed by atoms with Gasteiger partial charge in [-0.15, -0.1) is 0 Å². The minimum absolute atomic E-state index is 0.0678. The number of hydrazone groups is 1. The average molecular weight is 318 g/mol. The lowest BCUT2D eigenvalue weighted by atomic mass is 10.2. The molecule has 0 saturated carbocycles. The van der Waals surface area contributed by atoms with E-state index in [1.54, 1.807) is 6.07 Å². The third-order valence-electron chi connectivity index (χ3n) is 1.76. The molecule has 0 unspecified atom stereocenters. The molecule has 0 fully saturated rings. The highest BCUT2D eigenvalue weighted by Crippen LogP contribution is 2.31. The van der Waals surface area contributed by atoms with E-state index in [1.165, 1.54) is 12.3 Å². The zero-order valence-electron chi connectivity index (χ0n) is 9.11. The number of nitrogens with two attached hydrogens (primary N) is 1. The predicted molar refractivity (Wildman–Crippen MR) is 74.5 cm³/mol. The molecule has 4 N–H and O–H groups in total. The van der Waals surface area contributed by atoms with Crippen LogP contribution in [0.5, 0.6) is 11.5 Å². The number of phenolic OH excluding ortho intramolecular Hbond substituents is 1. The molecule has 0 aromatic heterocycles. The SMILES string of the molecule is CCOc1cc(C=NNC(N)=S)c(Br)cc1O. The van der Waals surface area contributed by atoms with Crippen LogP contribution in [0.3, 0.4) is 0 Å². The van der Waals surface area contributed by atoms with Crippen LogP contribution in [-0.2, 0) is 0 Å². The summed E-state index contributed by atoms with van der Waals surface area (Å²) in [5.74, 6) is 0.464. The van der Waals surface area contributed by atoms with Crippen molar-refractivity contribution in [2.75, 3.05) is 6.61 Å². The predicted octanol–water partition coefficient (Wildman–Crippen LogP) is 1.72. The number of benzene rings is 1. The van der Waals surface area contributed by atoms with E-state index in [4.69, 9.17) is 10.5 Å². The highest BCUT2D eigenvalue weighted by Gasteiger charge is 2.07. The quantitative estimate of drug-likeness (QED) is 0.447. The molecule has 1 aromatic carbocycles. The number of hydrogen-bond acceptors (Lipinski definition) is 4. The first kappa shape index (κ1) is 13.7. The van der Waals surface area contributed by atoms with Gasteiger partial charge in [0.25, 0.3) is 0 Å². The van der Waals surface area contributed by atoms with Crippen molar-refractivity contribution in [1.29, 1.82) is 0 Å². The second kappa shape index (κ2) is 6.41. The van der Waals surface area contributed by atoms with Gasteiger partial charge in [-0.25, -0.2) is 0 Å². The van der Waals surface area contributed by atoms with Gasteiger partial charge in [-0.05, 0) is 47.2 Å². The van der Waals surface area contributed by atoms with Gasteiger partial charge in [0.1, 0.15) is 0 Å². The minimum atomic E-state index is 0.0678. The number of aromatic hydroxyl groups is 1. The molecule has 0 aliphatic rings. The lowest BCUT2D eigenvalue weighted by Gasteiger charge is -2.08. The average Bonchev–Trinajstić information content (AvgIpc) is 2.24. The largest absolute Gasteiger partial charge is 0.504 e. The fourth-order valence-electron chi connectivity index (χ4n) is 1.09. The fraction of sp³-hybridized carbons (Fsp3) is 0.200. The highest BCUT2D eigenvalue weighted by molar-refractivity contribution is 9.10. The topological polar surface area (TPSA) is 79.9 Å². The van der Waals surface area contributed by atoms with Crippen LogP contribution in [0.1, 0.15) is 12.5 Å². The maximum absolute atomic E-state index is 9.60. The van der Waals surface area contributed by atoms with Crippen molar-refractivity contribution in [3.05, 3.63) is 22.2 Å². The van der Waals surface area contributed by atoms with E-state index in [1.807, 2.05) is 6.92 Å². The summed E-state index contributed by atoms with van der Waals surface area (Å²) in [6.45, 7) is 2.31. The summed E-state index contributed by atoms with van der Waals surface area (Å²) >= 11 is 7.91. The van der Waals surface area contributed by atoms with E-state index < -0.39 is 0 Å². The zero-order chi connectivity index (χ0) is 12.8. The maximum Gasteiger partial charge on any atom is 0.184 e. The van der Waals surface area contributed by atoms with Crippen molar-refractivity contribution >= 4 is 39.5 Å². The normalized spacial score (nSPS) is 10.5. The third kappa shape index (κ3) is 4.20. The van der Waals surface area contributed by atoms with Gasteiger partial charge in [0.2, 0.25) is 0 Å². The zero-order valence-corrected chi connectivity index (χ0v) is 11.5. The number of nitrogens with zero attached hydrogens (tertiary/aromatic N) is 1. The Labute approximate surface area is 113 Å². The molecule has 5 nitrogen and oxygen atoms in total. The molecule has 7 heteroatoms. The molecule has 1 aromatic rings. The summed E-state index contributed by atoms with van der Waals surface area (Å²) in [6, 6.07) is 3.20. The van der Waals surface area contributed by atoms with Crippen molar-refractivity contribution in [2.45, 2.75) is 6.92 Å². The lowest BCUT2D eigenvalue weighted by molar-refractivity contribution is 0.318. The van der Waals surface area contributed by atoms with E-state index in [0.29, 0.717) is 16.8 Å². The standard InChI is InChI=1S/C10H12BrN3O2S/c1-2-16-9-3-6(5-13-14-10(12)17)7(11)4-8(9)15/h3-5,15H,2H2,1H3,(H3,12,14,17). The Bertz CT molecular complexity index is 451. The number of halogens is 1. The Morgan fingerprint density at radius 3 is 3.00 bits per heavy atom. The molecular weight excluding hydrogens is 306 g/mol. The van der Waals surface area contributed by atoms with Crippen LogP contribution in [0.15, 0.2) is 21.7 Å². The number of phenols is 1. The van der Waals surface area contributed by atoms with Crippen molar-refractivity contribution in [3.63, 3.8) is 0 Å². The van der Waals surface area contributed by atoms with E-state index in [9.17, 15) is 5.11 Å². The van der Waals surface area contributed by atoms with Crippen LogP contribution in [-0.4, -0.2) is 23.0 Å². The Balaban J connectivity index is 2.94. The van der Waals surface area contributed by atoms with E-state index >= 15 is 0 Å². The second-order valence-electron chi connectivity index (χ2n) is 3.01. The first-order valence-corrected chi connectivity index (χ1v) is 5.98. The van der Waals surface area contributed by atoms with Gasteiger partial charge in [-0.3, -0.25) is 5.43 Å². The smallest absolute Gasteiger partial charge is 0.184 e. The fourth-order valence-corrected chi connectivity index (χ4v) is 1.58. The molecule has 0 aliphatic heterocycles. The monoisotopic (exact) mass is 317 g/mol. The molecule has 0 saturated heterocycles. The molecule has 0 bridgehead atoms. The molecular formula is C10H12BrN3O2S. The van der Waals surface area contributed by atoms with Gasteiger partial charge in [-0.1, -0.05) is 0 Å². The third-order valence-corrected chi connectivity index (χ3v) is 2.53. The van der Waals surface area contributed by atoms with Crippen LogP contribution >= 0.6 is 28.1 Å². The molecule has 92 valence electrons. The molecule has 17 heavy (non-hydrogen) atoms. The van der Waals surface area contributed by atoms with Gasteiger partial charge < -0.3 is 15.6 Å². The molecule has 0 aliphatic carbocycles. The number of hydrogen-bond donors (Lipinski definition) is 3. The van der Waals surface area contributed by atoms with Crippen molar-refractivity contribution in [1.82, 2.24) is 5.43 Å². The summed E-state index contributed by atoms with van der Waals surface area (Å²) in [6.07, 6.45) is 1.52. The van der Waals surface area contributed by atoms with Crippen LogP contribution < -0.4 is 15.9 Å². The van der Waals surface area contributed by atoms with E-state index in [2.05, 4.69) is 38.7 Å². The number of rotatable bonds is 4. The van der Waals surface area contributed by atoms with Gasteiger partial charge >= 0.3 is 0 Å². The second-order valence-corrected chi connectivity index (χ2v) is 4.30. The molecule has 0 spiro atoms. The Hall–Kier alpha value is -1.34. The van der Waals surface area contributed by atoms with E-state index in [0.717, 1.165) is 5.56 Å². The summed E-state index contributed by atoms with van der Waals surface area (Å²) in [7, 11) is 0. The Kier molecular flexibility index (Phi) is 5.17. The highest BCUT2D eigenvalue weighted by atomic mass is 79.9. The summed E-state index contributed by atoms with van der Waals surface area (Å²) in [5, 5.41) is 13.5. The lowest BCUT2D eigenvalue weighted by Crippen LogP contribution is -2.24. The van der Waals surface area contributed by atoms with Crippen molar-refractivity contribution < 1.29 is 9.84 Å². The van der Waals surface area contributed by atoms with Crippen LogP contribution in [0.25, 0.3) is 0 Å². The summed E-state index contributed by atoms with van der Waals surface area (Å²) in [4.78, 5) is 0.